The smallest absolute Gasteiger partial charge is 0.331 e. The molecule has 12 heavy (non-hydrogen) atoms. The van der Waals surface area contributed by atoms with Crippen molar-refractivity contribution in [3.63, 3.8) is 0 Å². The van der Waals surface area contributed by atoms with Crippen LogP contribution in [-0.4, -0.2) is 16.8 Å². The van der Waals surface area contributed by atoms with E-state index in [1.807, 2.05) is 0 Å². The van der Waals surface area contributed by atoms with Gasteiger partial charge in [-0.1, -0.05) is 0 Å². The highest BCUT2D eigenvalue weighted by molar-refractivity contribution is 6.08. The molecular weight excluding hydrogens is 158 g/mol. The van der Waals surface area contributed by atoms with E-state index in [1.165, 1.54) is 6.08 Å². The fourth-order valence-electron chi connectivity index (χ4n) is 1.05. The van der Waals surface area contributed by atoms with Gasteiger partial charge in [0, 0.05) is 12.0 Å². The molecule has 0 aromatic heterocycles. The fraction of sp³-hybridized carbons (Fsp3) is 0.143. The number of aliphatic carboxylic acids is 1. The molecule has 1 aliphatic heterocycles. The van der Waals surface area contributed by atoms with Crippen LogP contribution in [0.5, 0.6) is 0 Å². The van der Waals surface area contributed by atoms with E-state index in [0.29, 0.717) is 23.4 Å². The molecule has 60 valence electrons. The molecule has 1 N–H and O–H groups in total. The molecule has 0 aromatic carbocycles. The van der Waals surface area contributed by atoms with Crippen molar-refractivity contribution in [1.29, 1.82) is 0 Å². The summed E-state index contributed by atoms with van der Waals surface area (Å²) < 4.78 is 0. The Balaban J connectivity index is 2.33. The van der Waals surface area contributed by atoms with E-state index in [1.54, 1.807) is 6.08 Å². The minimum atomic E-state index is -0.917. The standard InChI is InChI=1S/C7H5N3O2/c11-7(12)4-1-2-5-6(3-4)9-10-8-5/h1-2H,3H2,(H,11,12). The summed E-state index contributed by atoms with van der Waals surface area (Å²) in [7, 11) is 0. The monoisotopic (exact) mass is 163 g/mol. The van der Waals surface area contributed by atoms with Crippen molar-refractivity contribution in [2.45, 2.75) is 6.42 Å². The first-order valence-corrected chi connectivity index (χ1v) is 3.39. The molecule has 5 nitrogen and oxygen atoms in total. The van der Waals surface area contributed by atoms with Crippen molar-refractivity contribution in [2.24, 2.45) is 15.4 Å². The second kappa shape index (κ2) is 2.37. The molecule has 0 fully saturated rings. The summed E-state index contributed by atoms with van der Waals surface area (Å²) in [6.45, 7) is 0. The van der Waals surface area contributed by atoms with E-state index >= 15 is 0 Å². The number of rotatable bonds is 1. The molecule has 2 aliphatic rings. The van der Waals surface area contributed by atoms with Gasteiger partial charge in [-0.05, 0) is 17.4 Å². The average molecular weight is 163 g/mol. The zero-order valence-corrected chi connectivity index (χ0v) is 6.06. The highest BCUT2D eigenvalue weighted by Gasteiger charge is 2.20. The number of hydrogen-bond donors (Lipinski definition) is 1. The molecule has 0 spiro atoms. The Morgan fingerprint density at radius 3 is 3.08 bits per heavy atom. The Kier molecular flexibility index (Phi) is 1.36. The molecule has 0 saturated carbocycles. The van der Waals surface area contributed by atoms with Gasteiger partial charge in [0.25, 0.3) is 0 Å². The lowest BCUT2D eigenvalue weighted by atomic mass is 10.0. The van der Waals surface area contributed by atoms with Crippen LogP contribution >= 0.6 is 0 Å². The summed E-state index contributed by atoms with van der Waals surface area (Å²) in [4.78, 5) is 10.5. The first kappa shape index (κ1) is 6.90. The van der Waals surface area contributed by atoms with Gasteiger partial charge in [0.1, 0.15) is 5.70 Å². The molecule has 2 rings (SSSR count). The lowest BCUT2D eigenvalue weighted by molar-refractivity contribution is -0.132. The van der Waals surface area contributed by atoms with Gasteiger partial charge in [0.15, 0.2) is 0 Å². The van der Waals surface area contributed by atoms with E-state index in [4.69, 9.17) is 5.11 Å². The van der Waals surface area contributed by atoms with Crippen LogP contribution in [0.2, 0.25) is 0 Å². The van der Waals surface area contributed by atoms with Gasteiger partial charge >= 0.3 is 5.97 Å². The van der Waals surface area contributed by atoms with Gasteiger partial charge in [0.2, 0.25) is 0 Å². The van der Waals surface area contributed by atoms with Gasteiger partial charge in [-0.3, -0.25) is 0 Å². The van der Waals surface area contributed by atoms with Gasteiger partial charge in [0.05, 0.1) is 5.71 Å². The van der Waals surface area contributed by atoms with Crippen LogP contribution in [0.3, 0.4) is 0 Å². The Bertz CT molecular complexity index is 363. The summed E-state index contributed by atoms with van der Waals surface area (Å²) in [5.41, 5.74) is 1.62. The van der Waals surface area contributed by atoms with Crippen LogP contribution in [0, 0.1) is 0 Å². The fourth-order valence-corrected chi connectivity index (χ4v) is 1.05. The zero-order chi connectivity index (χ0) is 8.55. The van der Waals surface area contributed by atoms with Gasteiger partial charge in [-0.25, -0.2) is 4.79 Å². The number of fused-ring (bicyclic) bond motifs is 1. The van der Waals surface area contributed by atoms with E-state index in [2.05, 4.69) is 15.4 Å². The summed E-state index contributed by atoms with van der Waals surface area (Å²) in [5, 5.41) is 19.5. The van der Waals surface area contributed by atoms with Crippen LogP contribution < -0.4 is 0 Å². The van der Waals surface area contributed by atoms with Crippen molar-refractivity contribution in [3.8, 4) is 0 Å². The molecule has 0 amide bonds. The van der Waals surface area contributed by atoms with E-state index in [-0.39, 0.29) is 0 Å². The number of hydrogen-bond acceptors (Lipinski definition) is 4. The Hall–Kier alpha value is -1.78. The minimum absolute atomic E-state index is 0.314. The van der Waals surface area contributed by atoms with E-state index < -0.39 is 5.97 Å². The third kappa shape index (κ3) is 0.952. The van der Waals surface area contributed by atoms with Gasteiger partial charge in [-0.2, -0.15) is 0 Å². The number of allylic oxidation sites excluding steroid dienone is 3. The Morgan fingerprint density at radius 2 is 2.33 bits per heavy atom. The molecule has 1 heterocycles. The third-order valence-electron chi connectivity index (χ3n) is 1.69. The number of carboxylic acids is 1. The van der Waals surface area contributed by atoms with Crippen LogP contribution in [-0.2, 0) is 4.79 Å². The first-order chi connectivity index (χ1) is 5.77. The minimum Gasteiger partial charge on any atom is -0.478 e. The Morgan fingerprint density at radius 1 is 1.50 bits per heavy atom. The SMILES string of the molecule is O=C(O)C1=CC=C2N=NN=C2C1. The molecular formula is C7H5N3O2. The molecule has 0 aromatic rings. The predicted octanol–water partition coefficient (Wildman–Crippen LogP) is 1.11. The largest absolute Gasteiger partial charge is 0.478 e. The maximum absolute atomic E-state index is 10.5. The van der Waals surface area contributed by atoms with Gasteiger partial charge in [-0.15, -0.1) is 10.2 Å². The molecule has 5 heteroatoms. The summed E-state index contributed by atoms with van der Waals surface area (Å²) in [6, 6.07) is 0. The van der Waals surface area contributed by atoms with E-state index in [0.717, 1.165) is 0 Å². The lowest BCUT2D eigenvalue weighted by Crippen LogP contribution is -2.10. The third-order valence-corrected chi connectivity index (χ3v) is 1.69. The predicted molar refractivity (Wildman–Crippen MR) is 40.7 cm³/mol. The normalized spacial score (nSPS) is 19.5. The highest BCUT2D eigenvalue weighted by Crippen LogP contribution is 2.21. The highest BCUT2D eigenvalue weighted by atomic mass is 16.4. The number of nitrogens with zero attached hydrogens (tertiary/aromatic N) is 3. The molecule has 0 unspecified atom stereocenters. The molecule has 0 atom stereocenters. The zero-order valence-electron chi connectivity index (χ0n) is 6.06. The molecule has 0 radical (unpaired) electrons. The number of carboxylic acid groups (broad SMARTS) is 1. The van der Waals surface area contributed by atoms with E-state index in [9.17, 15) is 4.79 Å². The van der Waals surface area contributed by atoms with Crippen molar-refractivity contribution in [2.75, 3.05) is 0 Å². The molecule has 0 saturated heterocycles. The van der Waals surface area contributed by atoms with Crippen LogP contribution in [0.4, 0.5) is 0 Å². The van der Waals surface area contributed by atoms with Crippen LogP contribution in [0.1, 0.15) is 6.42 Å². The quantitative estimate of drug-likeness (QED) is 0.628. The van der Waals surface area contributed by atoms with Crippen molar-refractivity contribution in [1.82, 2.24) is 0 Å². The van der Waals surface area contributed by atoms with Crippen LogP contribution in [0.25, 0.3) is 0 Å². The molecule has 0 bridgehead atoms. The number of carbonyl (C=O) groups is 1. The Labute approximate surface area is 67.8 Å². The van der Waals surface area contributed by atoms with Crippen molar-refractivity contribution in [3.05, 3.63) is 23.4 Å². The average Bonchev–Trinajstić information content (AvgIpc) is 2.49. The second-order valence-corrected chi connectivity index (χ2v) is 2.46. The summed E-state index contributed by atoms with van der Waals surface area (Å²) in [6.07, 6.45) is 3.46. The first-order valence-electron chi connectivity index (χ1n) is 3.39. The van der Waals surface area contributed by atoms with Crippen molar-refractivity contribution < 1.29 is 9.90 Å². The second-order valence-electron chi connectivity index (χ2n) is 2.46. The summed E-state index contributed by atoms with van der Waals surface area (Å²) >= 11 is 0. The summed E-state index contributed by atoms with van der Waals surface area (Å²) in [5.74, 6) is -0.917. The topological polar surface area (TPSA) is 74.4 Å². The lowest BCUT2D eigenvalue weighted by Gasteiger charge is -2.05. The maximum Gasteiger partial charge on any atom is 0.331 e. The van der Waals surface area contributed by atoms with Crippen molar-refractivity contribution >= 4 is 11.7 Å². The molecule has 1 aliphatic carbocycles. The van der Waals surface area contributed by atoms with Crippen LogP contribution in [0.15, 0.2) is 38.9 Å². The maximum atomic E-state index is 10.5. The van der Waals surface area contributed by atoms with Gasteiger partial charge < -0.3 is 5.11 Å².